The van der Waals surface area contributed by atoms with Crippen LogP contribution in [0.1, 0.15) is 32.8 Å². The van der Waals surface area contributed by atoms with E-state index in [0.29, 0.717) is 23.8 Å². The second-order valence-corrected chi connectivity index (χ2v) is 10.2. The summed E-state index contributed by atoms with van der Waals surface area (Å²) in [5.74, 6) is 0.0386. The molecule has 31 heavy (non-hydrogen) atoms. The molecule has 0 radical (unpaired) electrons. The van der Waals surface area contributed by atoms with Gasteiger partial charge in [0.15, 0.2) is 5.16 Å². The summed E-state index contributed by atoms with van der Waals surface area (Å²) in [7, 11) is -3.81. The van der Waals surface area contributed by atoms with Gasteiger partial charge in [-0.3, -0.25) is 4.79 Å². The van der Waals surface area contributed by atoms with Gasteiger partial charge in [-0.1, -0.05) is 49.0 Å². The molecule has 3 aromatic rings. The fourth-order valence-electron chi connectivity index (χ4n) is 3.41. The second kappa shape index (κ2) is 9.84. The van der Waals surface area contributed by atoms with Crippen LogP contribution in [0, 0.1) is 0 Å². The van der Waals surface area contributed by atoms with E-state index in [2.05, 4.69) is 11.9 Å². The van der Waals surface area contributed by atoms with Crippen molar-refractivity contribution in [3.63, 3.8) is 0 Å². The number of primary sulfonamides is 1. The van der Waals surface area contributed by atoms with Crippen molar-refractivity contribution < 1.29 is 13.2 Å². The third-order valence-electron chi connectivity index (χ3n) is 5.00. The van der Waals surface area contributed by atoms with Crippen LogP contribution in [-0.2, 0) is 27.9 Å². The van der Waals surface area contributed by atoms with Gasteiger partial charge in [-0.05, 0) is 44.0 Å². The molecule has 1 amide bonds. The number of rotatable bonds is 9. The average Bonchev–Trinajstić information content (AvgIpc) is 3.08. The second-order valence-electron chi connectivity index (χ2n) is 7.34. The van der Waals surface area contributed by atoms with E-state index >= 15 is 0 Å². The predicted molar refractivity (Wildman–Crippen MR) is 124 cm³/mol. The molecule has 1 heterocycles. The number of imidazole rings is 1. The molecule has 3 rings (SSSR count). The standard InChI is InChI=1S/C22H28N4O3S2/c1-4-13-26-20-12-11-18(31(23,28)29)14-19(20)24-22(26)30-16(3)21(27)25(5-2)15-17-9-7-6-8-10-17/h6-12,14,16H,4-5,13,15H2,1-3H3,(H2,23,28,29). The molecule has 7 nitrogen and oxygen atoms in total. The molecule has 0 bridgehead atoms. The van der Waals surface area contributed by atoms with Gasteiger partial charge >= 0.3 is 0 Å². The minimum absolute atomic E-state index is 0.0295. The third kappa shape index (κ3) is 5.47. The van der Waals surface area contributed by atoms with Crippen LogP contribution in [0.25, 0.3) is 11.0 Å². The Morgan fingerprint density at radius 2 is 1.90 bits per heavy atom. The predicted octanol–water partition coefficient (Wildman–Crippen LogP) is 3.62. The van der Waals surface area contributed by atoms with E-state index in [0.717, 1.165) is 24.0 Å². The number of hydrogen-bond acceptors (Lipinski definition) is 5. The zero-order chi connectivity index (χ0) is 22.6. The first kappa shape index (κ1) is 23.3. The highest BCUT2D eigenvalue weighted by atomic mass is 32.2. The maximum atomic E-state index is 13.1. The van der Waals surface area contributed by atoms with Crippen molar-refractivity contribution in [2.24, 2.45) is 5.14 Å². The van der Waals surface area contributed by atoms with E-state index in [-0.39, 0.29) is 16.1 Å². The van der Waals surface area contributed by atoms with Crippen LogP contribution in [0.5, 0.6) is 0 Å². The normalized spacial score (nSPS) is 12.8. The molecule has 1 atom stereocenters. The summed E-state index contributed by atoms with van der Waals surface area (Å²) in [5, 5.41) is 5.62. The Morgan fingerprint density at radius 3 is 2.52 bits per heavy atom. The van der Waals surface area contributed by atoms with Crippen molar-refractivity contribution in [2.75, 3.05) is 6.54 Å². The summed E-state index contributed by atoms with van der Waals surface area (Å²) in [5.41, 5.74) is 2.47. The molecule has 0 aliphatic rings. The van der Waals surface area contributed by atoms with E-state index in [1.54, 1.807) is 6.07 Å². The van der Waals surface area contributed by atoms with Crippen LogP contribution >= 0.6 is 11.8 Å². The number of nitrogens with zero attached hydrogens (tertiary/aromatic N) is 3. The molecular weight excluding hydrogens is 432 g/mol. The highest BCUT2D eigenvalue weighted by Gasteiger charge is 2.24. The van der Waals surface area contributed by atoms with Gasteiger partial charge in [-0.25, -0.2) is 18.5 Å². The van der Waals surface area contributed by atoms with Gasteiger partial charge in [0.1, 0.15) is 0 Å². The van der Waals surface area contributed by atoms with E-state index < -0.39 is 10.0 Å². The number of fused-ring (bicyclic) bond motifs is 1. The minimum Gasteiger partial charge on any atom is -0.338 e. The Morgan fingerprint density at radius 1 is 1.19 bits per heavy atom. The van der Waals surface area contributed by atoms with Crippen LogP contribution in [0.2, 0.25) is 0 Å². The van der Waals surface area contributed by atoms with Crippen molar-refractivity contribution >= 4 is 38.7 Å². The van der Waals surface area contributed by atoms with Crippen molar-refractivity contribution in [3.05, 3.63) is 54.1 Å². The lowest BCUT2D eigenvalue weighted by Crippen LogP contribution is -2.36. The fourth-order valence-corrected chi connectivity index (χ4v) is 4.98. The summed E-state index contributed by atoms with van der Waals surface area (Å²) in [6.45, 7) is 7.81. The molecule has 166 valence electrons. The third-order valence-corrected chi connectivity index (χ3v) is 6.99. The molecule has 2 N–H and O–H groups in total. The topological polar surface area (TPSA) is 98.3 Å². The average molecular weight is 461 g/mol. The molecule has 1 aromatic heterocycles. The number of aromatic nitrogens is 2. The highest BCUT2D eigenvalue weighted by molar-refractivity contribution is 8.00. The maximum Gasteiger partial charge on any atom is 0.238 e. The lowest BCUT2D eigenvalue weighted by Gasteiger charge is -2.24. The number of benzene rings is 2. The van der Waals surface area contributed by atoms with Crippen molar-refractivity contribution in [3.8, 4) is 0 Å². The van der Waals surface area contributed by atoms with Crippen molar-refractivity contribution in [1.29, 1.82) is 0 Å². The number of sulfonamides is 1. The van der Waals surface area contributed by atoms with E-state index in [1.807, 2.05) is 53.6 Å². The fraction of sp³-hybridized carbons (Fsp3) is 0.364. The Balaban J connectivity index is 1.86. The smallest absolute Gasteiger partial charge is 0.238 e. The van der Waals surface area contributed by atoms with Gasteiger partial charge in [0, 0.05) is 19.6 Å². The summed E-state index contributed by atoms with van der Waals surface area (Å²) >= 11 is 1.39. The van der Waals surface area contributed by atoms with Crippen LogP contribution in [-0.4, -0.2) is 40.6 Å². The van der Waals surface area contributed by atoms with Gasteiger partial charge in [-0.15, -0.1) is 0 Å². The lowest BCUT2D eigenvalue weighted by atomic mass is 10.2. The van der Waals surface area contributed by atoms with Gasteiger partial charge in [0.05, 0.1) is 21.2 Å². The molecule has 0 saturated heterocycles. The van der Waals surface area contributed by atoms with Gasteiger partial charge in [0.2, 0.25) is 15.9 Å². The summed E-state index contributed by atoms with van der Waals surface area (Å²) < 4.78 is 25.4. The maximum absolute atomic E-state index is 13.1. The quantitative estimate of drug-likeness (QED) is 0.492. The van der Waals surface area contributed by atoms with E-state index in [9.17, 15) is 13.2 Å². The van der Waals surface area contributed by atoms with Crippen molar-refractivity contribution in [1.82, 2.24) is 14.5 Å². The van der Waals surface area contributed by atoms with Crippen LogP contribution < -0.4 is 5.14 Å². The van der Waals surface area contributed by atoms with E-state index in [4.69, 9.17) is 5.14 Å². The summed E-state index contributed by atoms with van der Waals surface area (Å²) in [6, 6.07) is 14.6. The molecule has 0 spiro atoms. The van der Waals surface area contributed by atoms with Crippen LogP contribution in [0.4, 0.5) is 0 Å². The first-order valence-electron chi connectivity index (χ1n) is 10.3. The number of hydrogen-bond donors (Lipinski definition) is 1. The van der Waals surface area contributed by atoms with Gasteiger partial charge < -0.3 is 9.47 Å². The summed E-state index contributed by atoms with van der Waals surface area (Å²) in [4.78, 5) is 19.6. The summed E-state index contributed by atoms with van der Waals surface area (Å²) in [6.07, 6.45) is 0.882. The molecule has 9 heteroatoms. The Labute approximate surface area is 187 Å². The zero-order valence-corrected chi connectivity index (χ0v) is 19.6. The molecule has 1 unspecified atom stereocenters. The monoisotopic (exact) mass is 460 g/mol. The molecular formula is C22H28N4O3S2. The number of amides is 1. The Bertz CT molecular complexity index is 1160. The minimum atomic E-state index is -3.81. The van der Waals surface area contributed by atoms with Gasteiger partial charge in [-0.2, -0.15) is 0 Å². The number of nitrogens with two attached hydrogens (primary N) is 1. The first-order chi connectivity index (χ1) is 14.7. The zero-order valence-electron chi connectivity index (χ0n) is 18.0. The SMILES string of the molecule is CCCn1c(SC(C)C(=O)N(CC)Cc2ccccc2)nc2cc(S(N)(=O)=O)ccc21. The van der Waals surface area contributed by atoms with Crippen LogP contribution in [0.15, 0.2) is 58.6 Å². The molecule has 0 fully saturated rings. The lowest BCUT2D eigenvalue weighted by molar-refractivity contribution is -0.130. The first-order valence-corrected chi connectivity index (χ1v) is 12.7. The largest absolute Gasteiger partial charge is 0.338 e. The number of thioether (sulfide) groups is 1. The number of carbonyl (C=O) groups is 1. The molecule has 0 aliphatic carbocycles. The number of aryl methyl sites for hydroxylation is 1. The van der Waals surface area contributed by atoms with Crippen molar-refractivity contribution in [2.45, 2.75) is 55.6 Å². The number of carbonyl (C=O) groups excluding carboxylic acids is 1. The molecule has 2 aromatic carbocycles. The van der Waals surface area contributed by atoms with E-state index in [1.165, 1.54) is 23.9 Å². The van der Waals surface area contributed by atoms with Crippen LogP contribution in [0.3, 0.4) is 0 Å². The Hall–Kier alpha value is -2.36. The van der Waals surface area contributed by atoms with Gasteiger partial charge in [0.25, 0.3) is 0 Å². The Kier molecular flexibility index (Phi) is 7.40. The highest BCUT2D eigenvalue weighted by Crippen LogP contribution is 2.30. The molecule has 0 aliphatic heterocycles. The molecule has 0 saturated carbocycles.